The minimum atomic E-state index is -0.473. The van der Waals surface area contributed by atoms with Crippen molar-refractivity contribution in [2.45, 2.75) is 25.8 Å². The lowest BCUT2D eigenvalue weighted by atomic mass is 10.3. The molecule has 0 aliphatic rings. The van der Waals surface area contributed by atoms with E-state index < -0.39 is 11.7 Å². The molecule has 0 bridgehead atoms. The monoisotopic (exact) mass is 552 g/mol. The van der Waals surface area contributed by atoms with E-state index in [0.717, 1.165) is 59.6 Å². The number of aromatic amines is 2. The summed E-state index contributed by atoms with van der Waals surface area (Å²) in [5.74, 6) is 1.39. The van der Waals surface area contributed by atoms with Crippen LogP contribution in [0.4, 0.5) is 4.39 Å². The molecule has 0 saturated heterocycles. The number of aromatic nitrogens is 6. The van der Waals surface area contributed by atoms with Gasteiger partial charge in [0.25, 0.3) is 5.91 Å². The number of hydrogen-bond donors (Lipinski definition) is 3. The van der Waals surface area contributed by atoms with Crippen molar-refractivity contribution in [1.29, 1.82) is 0 Å². The number of carbonyl (C=O) groups excluding carboxylic acids is 1. The van der Waals surface area contributed by atoms with Crippen LogP contribution in [-0.4, -0.2) is 60.3 Å². The van der Waals surface area contributed by atoms with E-state index in [-0.39, 0.29) is 17.9 Å². The van der Waals surface area contributed by atoms with Crippen molar-refractivity contribution in [3.63, 3.8) is 0 Å². The van der Waals surface area contributed by atoms with Crippen LogP contribution in [-0.2, 0) is 25.8 Å². The summed E-state index contributed by atoms with van der Waals surface area (Å²) in [5, 5.41) is 2.64. The first-order valence-corrected chi connectivity index (χ1v) is 13.5. The molecule has 6 aromatic rings. The van der Waals surface area contributed by atoms with Crippen molar-refractivity contribution >= 4 is 28.0 Å². The predicted octanol–water partition coefficient (Wildman–Crippen LogP) is 4.22. The Morgan fingerprint density at radius 1 is 0.829 bits per heavy atom. The van der Waals surface area contributed by atoms with Crippen LogP contribution in [0.15, 0.2) is 77.5 Å². The number of para-hydroxylation sites is 4. The van der Waals surface area contributed by atoms with Crippen molar-refractivity contribution < 1.29 is 13.6 Å². The molecule has 0 fully saturated rings. The molecule has 4 heterocycles. The van der Waals surface area contributed by atoms with Crippen LogP contribution in [0.5, 0.6) is 0 Å². The molecule has 41 heavy (non-hydrogen) atoms. The summed E-state index contributed by atoms with van der Waals surface area (Å²) in [5.41, 5.74) is 4.25. The Bertz CT molecular complexity index is 1630. The van der Waals surface area contributed by atoms with Crippen LogP contribution < -0.4 is 5.32 Å². The first-order valence-electron chi connectivity index (χ1n) is 13.5. The SMILES string of the molecule is O=C(NCc1ncccc1F)c1coc(CCN(CCc2nc3ccccc3[nH]2)CCc2nc3ccccc3[nH]2)n1. The summed E-state index contributed by atoms with van der Waals surface area (Å²) < 4.78 is 19.4. The van der Waals surface area contributed by atoms with E-state index in [2.05, 4.69) is 30.2 Å². The molecule has 6 rings (SSSR count). The van der Waals surface area contributed by atoms with E-state index in [0.29, 0.717) is 18.9 Å². The summed E-state index contributed by atoms with van der Waals surface area (Å²) in [6.07, 6.45) is 4.82. The van der Waals surface area contributed by atoms with Gasteiger partial charge in [-0.1, -0.05) is 24.3 Å². The number of hydrogen-bond acceptors (Lipinski definition) is 7. The van der Waals surface area contributed by atoms with Crippen molar-refractivity contribution in [3.05, 3.63) is 108 Å². The highest BCUT2D eigenvalue weighted by atomic mass is 19.1. The van der Waals surface area contributed by atoms with Gasteiger partial charge in [-0.3, -0.25) is 9.78 Å². The molecule has 10 nitrogen and oxygen atoms in total. The normalized spacial score (nSPS) is 11.6. The maximum atomic E-state index is 13.8. The Morgan fingerprint density at radius 3 is 2.10 bits per heavy atom. The van der Waals surface area contributed by atoms with Crippen LogP contribution in [0.25, 0.3) is 22.1 Å². The van der Waals surface area contributed by atoms with Crippen LogP contribution in [0.1, 0.15) is 33.7 Å². The zero-order valence-corrected chi connectivity index (χ0v) is 22.3. The Hall–Kier alpha value is -4.90. The van der Waals surface area contributed by atoms with Gasteiger partial charge in [0.05, 0.1) is 34.3 Å². The summed E-state index contributed by atoms with van der Waals surface area (Å²) in [4.78, 5) is 39.4. The number of imidazole rings is 2. The van der Waals surface area contributed by atoms with Crippen LogP contribution in [0.3, 0.4) is 0 Å². The number of fused-ring (bicyclic) bond motifs is 2. The van der Waals surface area contributed by atoms with E-state index in [1.807, 2.05) is 48.5 Å². The molecule has 208 valence electrons. The lowest BCUT2D eigenvalue weighted by Crippen LogP contribution is -2.31. The predicted molar refractivity (Wildman–Crippen MR) is 152 cm³/mol. The zero-order valence-electron chi connectivity index (χ0n) is 22.3. The Morgan fingerprint density at radius 2 is 1.46 bits per heavy atom. The quantitative estimate of drug-likeness (QED) is 0.207. The fraction of sp³-hybridized carbons (Fsp3) is 0.233. The number of halogens is 1. The fourth-order valence-corrected chi connectivity index (χ4v) is 4.70. The van der Waals surface area contributed by atoms with Gasteiger partial charge in [0, 0.05) is 45.1 Å². The van der Waals surface area contributed by atoms with Gasteiger partial charge in [0.2, 0.25) is 0 Å². The molecular weight excluding hydrogens is 523 g/mol. The second kappa shape index (κ2) is 12.1. The molecular formula is C30H29FN8O2. The number of benzene rings is 2. The third kappa shape index (κ3) is 6.47. The number of H-pyrrole nitrogens is 2. The Labute approximate surface area is 235 Å². The highest BCUT2D eigenvalue weighted by Crippen LogP contribution is 2.14. The Kier molecular flexibility index (Phi) is 7.76. The Balaban J connectivity index is 1.08. The highest BCUT2D eigenvalue weighted by molar-refractivity contribution is 5.91. The summed E-state index contributed by atoms with van der Waals surface area (Å²) in [6, 6.07) is 18.8. The molecule has 0 radical (unpaired) electrons. The van der Waals surface area contributed by atoms with E-state index in [1.165, 1.54) is 24.6 Å². The first-order chi connectivity index (χ1) is 20.1. The first kappa shape index (κ1) is 26.3. The summed E-state index contributed by atoms with van der Waals surface area (Å²) >= 11 is 0. The van der Waals surface area contributed by atoms with E-state index >= 15 is 0 Å². The van der Waals surface area contributed by atoms with Gasteiger partial charge in [-0.25, -0.2) is 19.3 Å². The van der Waals surface area contributed by atoms with Crippen molar-refractivity contribution in [1.82, 2.24) is 40.1 Å². The minimum Gasteiger partial charge on any atom is -0.448 e. The molecule has 4 aromatic heterocycles. The van der Waals surface area contributed by atoms with Crippen LogP contribution >= 0.6 is 0 Å². The standard InChI is InChI=1S/C30H29FN8O2/c31-20-6-5-14-32-25(20)18-33-30(40)26-19-41-29(38-26)13-17-39(15-11-27-34-21-7-1-2-8-22(21)35-27)16-12-28-36-23-9-3-4-10-24(23)37-28/h1-10,14,19H,11-13,15-18H2,(H,33,40)(H,34,35)(H,36,37). The van der Waals surface area contributed by atoms with Gasteiger partial charge in [-0.2, -0.15) is 0 Å². The third-order valence-electron chi connectivity index (χ3n) is 6.88. The highest BCUT2D eigenvalue weighted by Gasteiger charge is 2.16. The van der Waals surface area contributed by atoms with Crippen molar-refractivity contribution in [2.75, 3.05) is 19.6 Å². The molecule has 11 heteroatoms. The number of amides is 1. The average molecular weight is 553 g/mol. The molecule has 0 unspecified atom stereocenters. The maximum Gasteiger partial charge on any atom is 0.273 e. The number of nitrogens with zero attached hydrogens (tertiary/aromatic N) is 5. The second-order valence-corrected chi connectivity index (χ2v) is 9.73. The number of nitrogens with one attached hydrogen (secondary N) is 3. The number of rotatable bonds is 12. The van der Waals surface area contributed by atoms with Crippen LogP contribution in [0, 0.1) is 5.82 Å². The molecule has 3 N–H and O–H groups in total. The number of pyridine rings is 1. The molecule has 1 amide bonds. The molecule has 0 aliphatic carbocycles. The van der Waals surface area contributed by atoms with Gasteiger partial charge in [-0.05, 0) is 36.4 Å². The van der Waals surface area contributed by atoms with Gasteiger partial charge in [0.15, 0.2) is 11.6 Å². The fourth-order valence-electron chi connectivity index (χ4n) is 4.70. The topological polar surface area (TPSA) is 129 Å². The van der Waals surface area contributed by atoms with E-state index in [1.54, 1.807) is 0 Å². The van der Waals surface area contributed by atoms with Crippen molar-refractivity contribution in [2.24, 2.45) is 0 Å². The van der Waals surface area contributed by atoms with E-state index in [9.17, 15) is 9.18 Å². The maximum absolute atomic E-state index is 13.8. The lowest BCUT2D eigenvalue weighted by Gasteiger charge is -2.20. The smallest absolute Gasteiger partial charge is 0.273 e. The van der Waals surface area contributed by atoms with Crippen molar-refractivity contribution in [3.8, 4) is 0 Å². The van der Waals surface area contributed by atoms with Crippen LogP contribution in [0.2, 0.25) is 0 Å². The molecule has 0 atom stereocenters. The third-order valence-corrected chi connectivity index (χ3v) is 6.88. The molecule has 2 aromatic carbocycles. The second-order valence-electron chi connectivity index (χ2n) is 9.73. The summed E-state index contributed by atoms with van der Waals surface area (Å²) in [7, 11) is 0. The van der Waals surface area contributed by atoms with Gasteiger partial charge in [0.1, 0.15) is 23.7 Å². The lowest BCUT2D eigenvalue weighted by molar-refractivity contribution is 0.0945. The molecule has 0 spiro atoms. The largest absolute Gasteiger partial charge is 0.448 e. The van der Waals surface area contributed by atoms with E-state index in [4.69, 9.17) is 14.4 Å². The number of oxazole rings is 1. The minimum absolute atomic E-state index is 0.0366. The molecule has 0 aliphatic heterocycles. The van der Waals surface area contributed by atoms with Gasteiger partial charge < -0.3 is 24.6 Å². The average Bonchev–Trinajstić information content (AvgIpc) is 3.74. The van der Waals surface area contributed by atoms with Gasteiger partial charge in [-0.15, -0.1) is 0 Å². The van der Waals surface area contributed by atoms with Gasteiger partial charge >= 0.3 is 0 Å². The zero-order chi connectivity index (χ0) is 28.0. The number of carbonyl (C=O) groups is 1. The summed E-state index contributed by atoms with van der Waals surface area (Å²) in [6.45, 7) is 2.17. The molecule has 0 saturated carbocycles.